The number of aromatic nitrogens is 1. The van der Waals surface area contributed by atoms with Crippen LogP contribution in [0.15, 0.2) is 80.6 Å². The van der Waals surface area contributed by atoms with Gasteiger partial charge in [0, 0.05) is 35.9 Å². The van der Waals surface area contributed by atoms with Crippen molar-refractivity contribution in [2.24, 2.45) is 10.9 Å². The maximum Gasteiger partial charge on any atom is 0.248 e. The Balaban J connectivity index is 1.83. The van der Waals surface area contributed by atoms with Crippen LogP contribution in [0.1, 0.15) is 37.1 Å². The van der Waals surface area contributed by atoms with Crippen LogP contribution in [0.3, 0.4) is 0 Å². The molecule has 3 nitrogen and oxygen atoms in total. The number of aliphatic imine (C=N–C) groups is 1. The number of hydrogen-bond acceptors (Lipinski definition) is 2. The number of nitrogens with one attached hydrogen (secondary N) is 1. The first-order chi connectivity index (χ1) is 13.5. The maximum atomic E-state index is 11.9. The second-order valence-corrected chi connectivity index (χ2v) is 7.95. The van der Waals surface area contributed by atoms with Gasteiger partial charge >= 0.3 is 0 Å². The van der Waals surface area contributed by atoms with Crippen LogP contribution in [0.25, 0.3) is 6.08 Å². The number of rotatable bonds is 3. The van der Waals surface area contributed by atoms with Crippen LogP contribution in [0, 0.1) is 5.92 Å². The summed E-state index contributed by atoms with van der Waals surface area (Å²) in [6, 6.07) is 13.5. The lowest BCUT2D eigenvalue weighted by molar-refractivity contribution is 0.413. The zero-order valence-corrected chi connectivity index (χ0v) is 16.8. The molecule has 0 saturated carbocycles. The van der Waals surface area contributed by atoms with Crippen LogP contribution in [0.2, 0.25) is 0 Å². The first-order valence-corrected chi connectivity index (χ1v) is 9.94. The van der Waals surface area contributed by atoms with Gasteiger partial charge in [-0.05, 0) is 43.5 Å². The fourth-order valence-corrected chi connectivity index (χ4v) is 4.74. The highest BCUT2D eigenvalue weighted by Crippen LogP contribution is 2.51. The third kappa shape index (κ3) is 3.31. The monoisotopic (exact) mass is 390 g/mol. The van der Waals surface area contributed by atoms with Crippen molar-refractivity contribution in [3.63, 3.8) is 0 Å². The van der Waals surface area contributed by atoms with Gasteiger partial charge in [-0.25, -0.2) is 0 Å². The van der Waals surface area contributed by atoms with Crippen LogP contribution in [0.5, 0.6) is 0 Å². The zero-order valence-electron chi connectivity index (χ0n) is 16.1. The number of hydrogen-bond donors (Lipinski definition) is 1. The maximum absolute atomic E-state index is 11.9. The number of nitrogens with zero attached hydrogens (tertiary/aromatic N) is 1. The Morgan fingerprint density at radius 1 is 1.25 bits per heavy atom. The molecule has 0 spiro atoms. The van der Waals surface area contributed by atoms with E-state index < -0.39 is 5.54 Å². The fraction of sp³-hybridized carbons (Fsp3) is 0.250. The second kappa shape index (κ2) is 7.40. The van der Waals surface area contributed by atoms with Crippen molar-refractivity contribution in [2.75, 3.05) is 0 Å². The van der Waals surface area contributed by atoms with E-state index in [1.807, 2.05) is 42.5 Å². The van der Waals surface area contributed by atoms with Crippen LogP contribution in [-0.4, -0.2) is 11.2 Å². The van der Waals surface area contributed by atoms with E-state index in [0.29, 0.717) is 5.03 Å². The number of halogens is 1. The van der Waals surface area contributed by atoms with Gasteiger partial charge in [0.15, 0.2) is 0 Å². The Morgan fingerprint density at radius 2 is 2.04 bits per heavy atom. The molecule has 2 aromatic rings. The third-order valence-electron chi connectivity index (χ3n) is 5.59. The Morgan fingerprint density at radius 3 is 2.79 bits per heavy atom. The van der Waals surface area contributed by atoms with E-state index in [1.54, 1.807) is 12.3 Å². The molecule has 1 heterocycles. The van der Waals surface area contributed by atoms with Crippen molar-refractivity contribution in [3.05, 3.63) is 98.0 Å². The van der Waals surface area contributed by atoms with Gasteiger partial charge in [0.2, 0.25) is 5.56 Å². The summed E-state index contributed by atoms with van der Waals surface area (Å²) in [5.41, 5.74) is 5.10. The van der Waals surface area contributed by atoms with Crippen molar-refractivity contribution >= 4 is 23.9 Å². The topological polar surface area (TPSA) is 45.2 Å². The molecule has 0 radical (unpaired) electrons. The van der Waals surface area contributed by atoms with Gasteiger partial charge in [-0.3, -0.25) is 9.79 Å². The summed E-state index contributed by atoms with van der Waals surface area (Å²) < 4.78 is 0. The molecule has 2 atom stereocenters. The van der Waals surface area contributed by atoms with Gasteiger partial charge in [0.1, 0.15) is 5.54 Å². The standard InChI is InChI=1S/C24H23ClN2O/c1-3-20-18-11-16(2)14-24(20,21-9-10-23(28)27-22(21)13-18)26-15-19(25)12-17-7-5-4-6-8-17/h3-12,15,18H,13-14H2,1-2H3,(H,27,28)/b19-12-,20-3+,26-15+. The molecule has 0 fully saturated rings. The van der Waals surface area contributed by atoms with E-state index in [0.717, 1.165) is 29.7 Å². The van der Waals surface area contributed by atoms with Gasteiger partial charge in [-0.1, -0.05) is 59.7 Å². The summed E-state index contributed by atoms with van der Waals surface area (Å²) in [7, 11) is 0. The summed E-state index contributed by atoms with van der Waals surface area (Å²) in [6.45, 7) is 4.22. The fourth-order valence-electron chi connectivity index (χ4n) is 4.57. The molecule has 2 aliphatic carbocycles. The normalized spacial score (nSPS) is 25.7. The minimum absolute atomic E-state index is 0.0670. The molecule has 4 heteroatoms. The summed E-state index contributed by atoms with van der Waals surface area (Å²) in [6.07, 6.45) is 9.73. The molecule has 0 saturated heterocycles. The number of H-pyrrole nitrogens is 1. The van der Waals surface area contributed by atoms with Crippen molar-refractivity contribution in [1.82, 2.24) is 4.98 Å². The molecule has 28 heavy (non-hydrogen) atoms. The molecule has 0 amide bonds. The van der Waals surface area contributed by atoms with Crippen molar-refractivity contribution < 1.29 is 0 Å². The van der Waals surface area contributed by atoms with Crippen molar-refractivity contribution in [3.8, 4) is 0 Å². The van der Waals surface area contributed by atoms with Crippen LogP contribution < -0.4 is 5.56 Å². The summed E-state index contributed by atoms with van der Waals surface area (Å²) in [4.78, 5) is 20.0. The zero-order chi connectivity index (χ0) is 19.7. The number of pyridine rings is 1. The van der Waals surface area contributed by atoms with E-state index in [4.69, 9.17) is 16.6 Å². The molecular weight excluding hydrogens is 368 g/mol. The van der Waals surface area contributed by atoms with E-state index in [-0.39, 0.29) is 11.5 Å². The molecule has 4 rings (SSSR count). The van der Waals surface area contributed by atoms with Gasteiger partial charge in [-0.2, -0.15) is 0 Å². The lowest BCUT2D eigenvalue weighted by atomic mass is 9.63. The highest BCUT2D eigenvalue weighted by atomic mass is 35.5. The minimum Gasteiger partial charge on any atom is -0.326 e. The summed E-state index contributed by atoms with van der Waals surface area (Å²) in [5.74, 6) is 0.248. The number of aromatic amines is 1. The number of allylic oxidation sites excluding steroid dienone is 3. The van der Waals surface area contributed by atoms with E-state index in [1.165, 1.54) is 11.1 Å². The van der Waals surface area contributed by atoms with E-state index in [2.05, 4.69) is 31.0 Å². The molecule has 0 aliphatic heterocycles. The first-order valence-electron chi connectivity index (χ1n) is 9.56. The minimum atomic E-state index is -0.513. The van der Waals surface area contributed by atoms with Crippen molar-refractivity contribution in [2.45, 2.75) is 32.2 Å². The molecular formula is C24H23ClN2O. The molecule has 2 unspecified atom stereocenters. The van der Waals surface area contributed by atoms with Gasteiger partial charge in [0.25, 0.3) is 0 Å². The van der Waals surface area contributed by atoms with Crippen molar-refractivity contribution in [1.29, 1.82) is 0 Å². The molecule has 2 aliphatic rings. The predicted molar refractivity (Wildman–Crippen MR) is 117 cm³/mol. The average molecular weight is 391 g/mol. The highest BCUT2D eigenvalue weighted by molar-refractivity contribution is 6.41. The Hall–Kier alpha value is -2.65. The lowest BCUT2D eigenvalue weighted by Crippen LogP contribution is -2.40. The Labute approximate surface area is 170 Å². The quantitative estimate of drug-likeness (QED) is 0.554. The Kier molecular flexibility index (Phi) is 4.94. The van der Waals surface area contributed by atoms with E-state index >= 15 is 0 Å². The highest BCUT2D eigenvalue weighted by Gasteiger charge is 2.46. The smallest absolute Gasteiger partial charge is 0.248 e. The second-order valence-electron chi connectivity index (χ2n) is 7.52. The molecule has 142 valence electrons. The first kappa shape index (κ1) is 18.7. The number of fused-ring (bicyclic) bond motifs is 4. The summed E-state index contributed by atoms with van der Waals surface area (Å²) in [5, 5.41) is 0.580. The molecule has 1 aromatic carbocycles. The lowest BCUT2D eigenvalue weighted by Gasteiger charge is -2.45. The molecule has 2 bridgehead atoms. The predicted octanol–water partition coefficient (Wildman–Crippen LogP) is 5.39. The molecule has 1 N–H and O–H groups in total. The average Bonchev–Trinajstić information content (AvgIpc) is 2.66. The van der Waals surface area contributed by atoms with Gasteiger partial charge in [0.05, 0.1) is 5.03 Å². The van der Waals surface area contributed by atoms with Crippen LogP contribution >= 0.6 is 11.6 Å². The van der Waals surface area contributed by atoms with Gasteiger partial charge < -0.3 is 4.98 Å². The van der Waals surface area contributed by atoms with Gasteiger partial charge in [-0.15, -0.1) is 0 Å². The summed E-state index contributed by atoms with van der Waals surface area (Å²) >= 11 is 6.51. The Bertz CT molecular complexity index is 1080. The van der Waals surface area contributed by atoms with Crippen LogP contribution in [-0.2, 0) is 12.0 Å². The largest absolute Gasteiger partial charge is 0.326 e. The van der Waals surface area contributed by atoms with E-state index in [9.17, 15) is 4.79 Å². The third-order valence-corrected chi connectivity index (χ3v) is 5.80. The van der Waals surface area contributed by atoms with Crippen LogP contribution in [0.4, 0.5) is 0 Å². The SMILES string of the molecule is C/C=C1\C2C=C(C)CC1(/N=C/C(Cl)=C/c1ccccc1)c1ccc(=O)[nH]c1C2. The number of benzene rings is 1. The molecule has 1 aromatic heterocycles.